The molecule has 2 aromatic heterocycles. The lowest BCUT2D eigenvalue weighted by atomic mass is 9.93. The molecule has 0 N–H and O–H groups in total. The highest BCUT2D eigenvalue weighted by molar-refractivity contribution is 5.71. The molecule has 0 aliphatic carbocycles. The molecule has 1 aromatic carbocycles. The molecule has 26 heavy (non-hydrogen) atoms. The van der Waals surface area contributed by atoms with E-state index in [-0.39, 0.29) is 5.82 Å². The molecule has 0 amide bonds. The maximum Gasteiger partial charge on any atom is 0.160 e. The number of aromatic nitrogens is 3. The van der Waals surface area contributed by atoms with Crippen LogP contribution in [0.1, 0.15) is 31.2 Å². The lowest BCUT2D eigenvalue weighted by molar-refractivity contribution is 0.190. The van der Waals surface area contributed by atoms with Crippen molar-refractivity contribution in [2.45, 2.75) is 32.7 Å². The van der Waals surface area contributed by atoms with Crippen molar-refractivity contribution in [1.29, 1.82) is 0 Å². The third-order valence-electron chi connectivity index (χ3n) is 5.46. The first-order valence-corrected chi connectivity index (χ1v) is 9.50. The van der Waals surface area contributed by atoms with Crippen molar-refractivity contribution in [1.82, 2.24) is 19.4 Å². The Balaban J connectivity index is 1.60. The minimum Gasteiger partial charge on any atom is -0.308 e. The number of hydrogen-bond acceptors (Lipinski definition) is 3. The van der Waals surface area contributed by atoms with Gasteiger partial charge in [-0.2, -0.15) is 0 Å². The molecule has 136 valence electrons. The number of halogens is 1. The van der Waals surface area contributed by atoms with Gasteiger partial charge in [0.25, 0.3) is 0 Å². The van der Waals surface area contributed by atoms with Gasteiger partial charge < -0.3 is 9.47 Å². The van der Waals surface area contributed by atoms with Crippen LogP contribution in [-0.2, 0) is 13.0 Å². The Morgan fingerprint density at radius 2 is 1.88 bits per heavy atom. The SMILES string of the molecule is CCN1CCC(Cc2nc3cccnc3n2Cc2ccc(F)cc2)CC1. The summed E-state index contributed by atoms with van der Waals surface area (Å²) in [7, 11) is 0. The zero-order chi connectivity index (χ0) is 17.9. The monoisotopic (exact) mass is 352 g/mol. The Hall–Kier alpha value is -2.27. The quantitative estimate of drug-likeness (QED) is 0.698. The number of rotatable bonds is 5. The van der Waals surface area contributed by atoms with Crippen LogP contribution in [0.4, 0.5) is 4.39 Å². The maximum absolute atomic E-state index is 13.2. The standard InChI is InChI=1S/C21H25FN4/c1-2-25-12-9-16(10-13-25)14-20-24-19-4-3-11-23-21(19)26(20)15-17-5-7-18(22)8-6-17/h3-8,11,16H,2,9-10,12-15H2,1H3. The highest BCUT2D eigenvalue weighted by atomic mass is 19.1. The molecule has 3 heterocycles. The van der Waals surface area contributed by atoms with Gasteiger partial charge in [-0.15, -0.1) is 0 Å². The van der Waals surface area contributed by atoms with Gasteiger partial charge in [0.2, 0.25) is 0 Å². The fraction of sp³-hybridized carbons (Fsp3) is 0.429. The summed E-state index contributed by atoms with van der Waals surface area (Å²) in [5.74, 6) is 1.56. The van der Waals surface area contributed by atoms with Crippen molar-refractivity contribution in [3.05, 3.63) is 59.8 Å². The van der Waals surface area contributed by atoms with E-state index in [4.69, 9.17) is 4.98 Å². The Bertz CT molecular complexity index is 863. The van der Waals surface area contributed by atoms with Gasteiger partial charge in [-0.05, 0) is 68.2 Å². The van der Waals surface area contributed by atoms with E-state index in [1.54, 1.807) is 0 Å². The van der Waals surface area contributed by atoms with Gasteiger partial charge in [0, 0.05) is 12.6 Å². The molecule has 1 aliphatic heterocycles. The molecule has 0 radical (unpaired) electrons. The van der Waals surface area contributed by atoms with E-state index >= 15 is 0 Å². The predicted octanol–water partition coefficient (Wildman–Crippen LogP) is 3.89. The summed E-state index contributed by atoms with van der Waals surface area (Å²) < 4.78 is 15.4. The molecule has 4 rings (SSSR count). The number of imidazole rings is 1. The van der Waals surface area contributed by atoms with Crippen LogP contribution in [0, 0.1) is 11.7 Å². The number of pyridine rings is 1. The Morgan fingerprint density at radius 1 is 1.12 bits per heavy atom. The molecule has 5 heteroatoms. The Labute approximate surface area is 153 Å². The van der Waals surface area contributed by atoms with Crippen molar-refractivity contribution >= 4 is 11.2 Å². The second-order valence-corrected chi connectivity index (χ2v) is 7.17. The predicted molar refractivity (Wildman–Crippen MR) is 102 cm³/mol. The Morgan fingerprint density at radius 3 is 2.62 bits per heavy atom. The van der Waals surface area contributed by atoms with Gasteiger partial charge in [0.15, 0.2) is 5.65 Å². The largest absolute Gasteiger partial charge is 0.308 e. The van der Waals surface area contributed by atoms with Crippen LogP contribution in [0.5, 0.6) is 0 Å². The fourth-order valence-corrected chi connectivity index (χ4v) is 3.86. The molecule has 1 aliphatic rings. The van der Waals surface area contributed by atoms with E-state index < -0.39 is 0 Å². The average molecular weight is 352 g/mol. The number of likely N-dealkylation sites (tertiary alicyclic amines) is 1. The van der Waals surface area contributed by atoms with E-state index in [0.717, 1.165) is 35.5 Å². The molecular formula is C21H25FN4. The summed E-state index contributed by atoms with van der Waals surface area (Å²) in [5.41, 5.74) is 2.92. The lowest BCUT2D eigenvalue weighted by Gasteiger charge is -2.30. The summed E-state index contributed by atoms with van der Waals surface area (Å²) in [5, 5.41) is 0. The Kier molecular flexibility index (Phi) is 4.98. The van der Waals surface area contributed by atoms with Gasteiger partial charge in [-0.1, -0.05) is 19.1 Å². The number of hydrogen-bond donors (Lipinski definition) is 0. The zero-order valence-corrected chi connectivity index (χ0v) is 15.2. The molecular weight excluding hydrogens is 327 g/mol. The number of fused-ring (bicyclic) bond motifs is 1. The van der Waals surface area contributed by atoms with E-state index in [0.29, 0.717) is 12.5 Å². The summed E-state index contributed by atoms with van der Waals surface area (Å²) >= 11 is 0. The summed E-state index contributed by atoms with van der Waals surface area (Å²) in [6.45, 7) is 6.40. The molecule has 3 aromatic rings. The van der Waals surface area contributed by atoms with Crippen molar-refractivity contribution in [3.8, 4) is 0 Å². The van der Waals surface area contributed by atoms with Gasteiger partial charge in [-0.25, -0.2) is 14.4 Å². The van der Waals surface area contributed by atoms with Crippen molar-refractivity contribution in [3.63, 3.8) is 0 Å². The van der Waals surface area contributed by atoms with Crippen LogP contribution >= 0.6 is 0 Å². The molecule has 0 atom stereocenters. The van der Waals surface area contributed by atoms with Crippen LogP contribution in [0.25, 0.3) is 11.2 Å². The fourth-order valence-electron chi connectivity index (χ4n) is 3.86. The van der Waals surface area contributed by atoms with Gasteiger partial charge in [0.05, 0.1) is 6.54 Å². The molecule has 0 saturated carbocycles. The van der Waals surface area contributed by atoms with E-state index in [1.807, 2.05) is 30.5 Å². The number of piperidine rings is 1. The first-order chi connectivity index (χ1) is 12.7. The van der Waals surface area contributed by atoms with E-state index in [9.17, 15) is 4.39 Å². The topological polar surface area (TPSA) is 34.0 Å². The molecule has 0 bridgehead atoms. The minimum atomic E-state index is -0.203. The van der Waals surface area contributed by atoms with Crippen molar-refractivity contribution in [2.24, 2.45) is 5.92 Å². The lowest BCUT2D eigenvalue weighted by Crippen LogP contribution is -2.34. The second kappa shape index (κ2) is 7.54. The van der Waals surface area contributed by atoms with Crippen LogP contribution < -0.4 is 0 Å². The van der Waals surface area contributed by atoms with E-state index in [2.05, 4.69) is 21.4 Å². The highest BCUT2D eigenvalue weighted by Gasteiger charge is 2.21. The number of nitrogens with zero attached hydrogens (tertiary/aromatic N) is 4. The second-order valence-electron chi connectivity index (χ2n) is 7.17. The summed E-state index contributed by atoms with van der Waals surface area (Å²) in [6, 6.07) is 10.7. The first-order valence-electron chi connectivity index (χ1n) is 9.50. The smallest absolute Gasteiger partial charge is 0.160 e. The van der Waals surface area contributed by atoms with E-state index in [1.165, 1.54) is 38.1 Å². The van der Waals surface area contributed by atoms with Crippen LogP contribution in [0.15, 0.2) is 42.6 Å². The minimum absolute atomic E-state index is 0.203. The normalized spacial score (nSPS) is 16.4. The molecule has 1 saturated heterocycles. The van der Waals surface area contributed by atoms with Crippen LogP contribution in [0.3, 0.4) is 0 Å². The molecule has 0 unspecified atom stereocenters. The summed E-state index contributed by atoms with van der Waals surface area (Å²) in [4.78, 5) is 11.9. The number of benzene rings is 1. The zero-order valence-electron chi connectivity index (χ0n) is 15.2. The molecule has 4 nitrogen and oxygen atoms in total. The van der Waals surface area contributed by atoms with Crippen LogP contribution in [0.2, 0.25) is 0 Å². The van der Waals surface area contributed by atoms with Gasteiger partial charge in [0.1, 0.15) is 17.2 Å². The summed E-state index contributed by atoms with van der Waals surface area (Å²) in [6.07, 6.45) is 5.24. The first kappa shape index (κ1) is 17.2. The van der Waals surface area contributed by atoms with Crippen LogP contribution in [-0.4, -0.2) is 39.1 Å². The third kappa shape index (κ3) is 3.63. The van der Waals surface area contributed by atoms with Gasteiger partial charge >= 0.3 is 0 Å². The highest BCUT2D eigenvalue weighted by Crippen LogP contribution is 2.24. The third-order valence-corrected chi connectivity index (χ3v) is 5.46. The van der Waals surface area contributed by atoms with Gasteiger partial charge in [-0.3, -0.25) is 0 Å². The molecule has 1 fully saturated rings. The van der Waals surface area contributed by atoms with Crippen molar-refractivity contribution in [2.75, 3.05) is 19.6 Å². The molecule has 0 spiro atoms. The average Bonchev–Trinajstić information content (AvgIpc) is 3.01. The van der Waals surface area contributed by atoms with Crippen molar-refractivity contribution < 1.29 is 4.39 Å². The maximum atomic E-state index is 13.2.